The molecule has 0 saturated heterocycles. The number of aromatic nitrogens is 2. The number of hydrogen-bond acceptors (Lipinski definition) is 5. The Hall–Kier alpha value is -1.95. The standard InChI is InChI=1S/C11H12N4OS/c1-6-7(2)17-11(14-6)15-10(16)8-3-4-13-5-9(8)12/h3-5H,12H2,1-2H3,(H,14,15,16). The summed E-state index contributed by atoms with van der Waals surface area (Å²) in [5, 5.41) is 3.31. The van der Waals surface area contributed by atoms with Gasteiger partial charge in [0, 0.05) is 11.1 Å². The van der Waals surface area contributed by atoms with Crippen molar-refractivity contribution < 1.29 is 4.79 Å². The molecule has 0 radical (unpaired) electrons. The van der Waals surface area contributed by atoms with Gasteiger partial charge in [0.05, 0.1) is 23.1 Å². The van der Waals surface area contributed by atoms with Crippen LogP contribution in [0.4, 0.5) is 10.8 Å². The summed E-state index contributed by atoms with van der Waals surface area (Å²) in [6.45, 7) is 3.87. The van der Waals surface area contributed by atoms with Gasteiger partial charge in [-0.2, -0.15) is 0 Å². The first-order valence-corrected chi connectivity index (χ1v) is 5.84. The Bertz CT molecular complexity index is 545. The van der Waals surface area contributed by atoms with Crippen molar-refractivity contribution in [2.75, 3.05) is 11.1 Å². The number of pyridine rings is 1. The van der Waals surface area contributed by atoms with E-state index in [4.69, 9.17) is 5.73 Å². The van der Waals surface area contributed by atoms with Crippen molar-refractivity contribution in [1.82, 2.24) is 9.97 Å². The van der Waals surface area contributed by atoms with Gasteiger partial charge in [-0.05, 0) is 19.9 Å². The lowest BCUT2D eigenvalue weighted by Crippen LogP contribution is -2.14. The molecule has 1 amide bonds. The van der Waals surface area contributed by atoms with Crippen LogP contribution in [0.3, 0.4) is 0 Å². The molecule has 0 unspecified atom stereocenters. The third-order valence-electron chi connectivity index (χ3n) is 2.35. The van der Waals surface area contributed by atoms with E-state index >= 15 is 0 Å². The lowest BCUT2D eigenvalue weighted by Gasteiger charge is -2.03. The number of nitrogen functional groups attached to an aromatic ring is 1. The molecule has 17 heavy (non-hydrogen) atoms. The van der Waals surface area contributed by atoms with Gasteiger partial charge in [-0.1, -0.05) is 0 Å². The van der Waals surface area contributed by atoms with E-state index in [0.29, 0.717) is 16.4 Å². The monoisotopic (exact) mass is 248 g/mol. The van der Waals surface area contributed by atoms with E-state index in [-0.39, 0.29) is 5.91 Å². The van der Waals surface area contributed by atoms with E-state index in [9.17, 15) is 4.79 Å². The number of rotatable bonds is 2. The minimum absolute atomic E-state index is 0.265. The maximum absolute atomic E-state index is 11.9. The number of anilines is 2. The molecule has 88 valence electrons. The molecule has 0 aromatic carbocycles. The van der Waals surface area contributed by atoms with Crippen LogP contribution in [-0.4, -0.2) is 15.9 Å². The van der Waals surface area contributed by atoms with Crippen LogP contribution in [-0.2, 0) is 0 Å². The molecule has 3 N–H and O–H groups in total. The van der Waals surface area contributed by atoms with Crippen LogP contribution in [0, 0.1) is 13.8 Å². The fraction of sp³-hybridized carbons (Fsp3) is 0.182. The highest BCUT2D eigenvalue weighted by Gasteiger charge is 2.12. The highest BCUT2D eigenvalue weighted by molar-refractivity contribution is 7.15. The van der Waals surface area contributed by atoms with Crippen molar-refractivity contribution >= 4 is 28.1 Å². The Kier molecular flexibility index (Phi) is 3.06. The number of carbonyl (C=O) groups is 1. The maximum atomic E-state index is 11.9. The summed E-state index contributed by atoms with van der Waals surface area (Å²) in [6.07, 6.45) is 2.98. The SMILES string of the molecule is Cc1nc(NC(=O)c2ccncc2N)sc1C. The van der Waals surface area contributed by atoms with Crippen molar-refractivity contribution in [2.24, 2.45) is 0 Å². The predicted molar refractivity (Wildman–Crippen MR) is 68.2 cm³/mol. The maximum Gasteiger partial charge on any atom is 0.259 e. The van der Waals surface area contributed by atoms with E-state index in [1.807, 2.05) is 13.8 Å². The zero-order valence-electron chi connectivity index (χ0n) is 9.52. The fourth-order valence-electron chi connectivity index (χ4n) is 1.30. The van der Waals surface area contributed by atoms with Gasteiger partial charge in [0.15, 0.2) is 5.13 Å². The number of nitrogens with zero attached hydrogens (tertiary/aromatic N) is 2. The summed E-state index contributed by atoms with van der Waals surface area (Å²) in [6, 6.07) is 1.58. The zero-order valence-corrected chi connectivity index (χ0v) is 10.3. The van der Waals surface area contributed by atoms with Gasteiger partial charge in [-0.3, -0.25) is 15.1 Å². The van der Waals surface area contributed by atoms with Crippen LogP contribution >= 0.6 is 11.3 Å². The highest BCUT2D eigenvalue weighted by atomic mass is 32.1. The Morgan fingerprint density at radius 1 is 1.47 bits per heavy atom. The highest BCUT2D eigenvalue weighted by Crippen LogP contribution is 2.22. The quantitative estimate of drug-likeness (QED) is 0.851. The number of nitrogens with two attached hydrogens (primary N) is 1. The Balaban J connectivity index is 2.20. The molecule has 2 aromatic heterocycles. The van der Waals surface area contributed by atoms with E-state index in [1.54, 1.807) is 6.07 Å². The number of hydrogen-bond donors (Lipinski definition) is 2. The first-order chi connectivity index (χ1) is 8.08. The second-order valence-corrected chi connectivity index (χ2v) is 4.78. The third kappa shape index (κ3) is 2.42. The van der Waals surface area contributed by atoms with Crippen molar-refractivity contribution in [1.29, 1.82) is 0 Å². The van der Waals surface area contributed by atoms with Gasteiger partial charge in [-0.25, -0.2) is 4.98 Å². The third-order valence-corrected chi connectivity index (χ3v) is 3.33. The number of carbonyl (C=O) groups excluding carboxylic acids is 1. The Morgan fingerprint density at radius 2 is 2.24 bits per heavy atom. The topological polar surface area (TPSA) is 80.9 Å². The summed E-state index contributed by atoms with van der Waals surface area (Å²) in [5.41, 5.74) is 7.36. The molecule has 0 bridgehead atoms. The Labute approximate surface area is 103 Å². The molecular formula is C11H12N4OS. The minimum atomic E-state index is -0.265. The lowest BCUT2D eigenvalue weighted by atomic mass is 10.2. The molecule has 6 heteroatoms. The molecule has 2 rings (SSSR count). The molecule has 0 aliphatic heterocycles. The number of thiazole rings is 1. The summed E-state index contributed by atoms with van der Waals surface area (Å²) in [5.74, 6) is -0.265. The van der Waals surface area contributed by atoms with Gasteiger partial charge in [0.1, 0.15) is 0 Å². The largest absolute Gasteiger partial charge is 0.397 e. The summed E-state index contributed by atoms with van der Waals surface area (Å²) in [4.78, 5) is 21.1. The van der Waals surface area contributed by atoms with Crippen LogP contribution in [0.5, 0.6) is 0 Å². The van der Waals surface area contributed by atoms with Crippen LogP contribution < -0.4 is 11.1 Å². The van der Waals surface area contributed by atoms with Crippen LogP contribution in [0.25, 0.3) is 0 Å². The molecular weight excluding hydrogens is 236 g/mol. The molecule has 2 aromatic rings. The van der Waals surface area contributed by atoms with Gasteiger partial charge in [-0.15, -0.1) is 11.3 Å². The summed E-state index contributed by atoms with van der Waals surface area (Å²) < 4.78 is 0. The van der Waals surface area contributed by atoms with Crippen LogP contribution in [0.1, 0.15) is 20.9 Å². The first-order valence-electron chi connectivity index (χ1n) is 5.03. The van der Waals surface area contributed by atoms with Crippen LogP contribution in [0.15, 0.2) is 18.5 Å². The molecule has 0 aliphatic rings. The molecule has 0 saturated carbocycles. The second-order valence-electron chi connectivity index (χ2n) is 3.58. The van der Waals surface area contributed by atoms with Crippen molar-refractivity contribution in [3.8, 4) is 0 Å². The van der Waals surface area contributed by atoms with Crippen molar-refractivity contribution in [3.05, 3.63) is 34.6 Å². The number of nitrogens with one attached hydrogen (secondary N) is 1. The van der Waals surface area contributed by atoms with E-state index in [2.05, 4.69) is 15.3 Å². The zero-order chi connectivity index (χ0) is 12.4. The van der Waals surface area contributed by atoms with Gasteiger partial charge in [0.25, 0.3) is 5.91 Å². The summed E-state index contributed by atoms with van der Waals surface area (Å²) in [7, 11) is 0. The van der Waals surface area contributed by atoms with E-state index in [1.165, 1.54) is 23.7 Å². The van der Waals surface area contributed by atoms with E-state index in [0.717, 1.165) is 10.6 Å². The predicted octanol–water partition coefficient (Wildman–Crippen LogP) is 1.99. The average molecular weight is 248 g/mol. The number of amides is 1. The normalized spacial score (nSPS) is 10.2. The average Bonchev–Trinajstić information content (AvgIpc) is 2.58. The van der Waals surface area contributed by atoms with Crippen molar-refractivity contribution in [3.63, 3.8) is 0 Å². The molecule has 0 aliphatic carbocycles. The molecule has 5 nitrogen and oxygen atoms in total. The molecule has 0 fully saturated rings. The fourth-order valence-corrected chi connectivity index (χ4v) is 2.11. The smallest absolute Gasteiger partial charge is 0.259 e. The van der Waals surface area contributed by atoms with Gasteiger partial charge >= 0.3 is 0 Å². The summed E-state index contributed by atoms with van der Waals surface area (Å²) >= 11 is 1.44. The molecule has 2 heterocycles. The van der Waals surface area contributed by atoms with Gasteiger partial charge in [0.2, 0.25) is 0 Å². The Morgan fingerprint density at radius 3 is 2.82 bits per heavy atom. The number of aryl methyl sites for hydroxylation is 2. The van der Waals surface area contributed by atoms with E-state index < -0.39 is 0 Å². The second kappa shape index (κ2) is 4.50. The first kappa shape index (κ1) is 11.5. The van der Waals surface area contributed by atoms with Crippen molar-refractivity contribution in [2.45, 2.75) is 13.8 Å². The molecule has 0 spiro atoms. The van der Waals surface area contributed by atoms with Crippen LogP contribution in [0.2, 0.25) is 0 Å². The minimum Gasteiger partial charge on any atom is -0.397 e. The van der Waals surface area contributed by atoms with Gasteiger partial charge < -0.3 is 5.73 Å². The lowest BCUT2D eigenvalue weighted by molar-refractivity contribution is 0.102. The molecule has 0 atom stereocenters.